The molecular weight excluding hydrogens is 518 g/mol. The van der Waals surface area contributed by atoms with Crippen LogP contribution >= 0.6 is 0 Å². The summed E-state index contributed by atoms with van der Waals surface area (Å²) in [7, 11) is -3.97. The van der Waals surface area contributed by atoms with Gasteiger partial charge in [0.25, 0.3) is 0 Å². The van der Waals surface area contributed by atoms with E-state index >= 15 is 0 Å². The Balaban J connectivity index is 0.000000461. The van der Waals surface area contributed by atoms with Crippen molar-refractivity contribution in [3.8, 4) is 5.75 Å². The Morgan fingerprint density at radius 1 is 0.650 bits per heavy atom. The Morgan fingerprint density at radius 3 is 1.70 bits per heavy atom. The number of para-hydroxylation sites is 2. The summed E-state index contributed by atoms with van der Waals surface area (Å²) in [6, 6.07) is 42.2. The first-order chi connectivity index (χ1) is 19.4. The van der Waals surface area contributed by atoms with Crippen molar-refractivity contribution in [2.24, 2.45) is 5.14 Å². The first-order valence-electron chi connectivity index (χ1n) is 12.9. The largest absolute Gasteiger partial charge is 0.489 e. The van der Waals surface area contributed by atoms with Crippen LogP contribution in [0.5, 0.6) is 5.75 Å². The first-order valence-corrected chi connectivity index (χ1v) is 14.4. The number of rotatable bonds is 9. The highest BCUT2D eigenvalue weighted by Gasteiger charge is 2.21. The normalized spacial score (nSPS) is 10.7. The summed E-state index contributed by atoms with van der Waals surface area (Å²) < 4.78 is 31.4. The summed E-state index contributed by atoms with van der Waals surface area (Å²) in [5, 5.41) is 8.98. The molecule has 0 unspecified atom stereocenters. The van der Waals surface area contributed by atoms with Gasteiger partial charge in [0.05, 0.1) is 4.90 Å². The molecule has 0 amide bonds. The molecule has 40 heavy (non-hydrogen) atoms. The average Bonchev–Trinajstić information content (AvgIpc) is 2.97. The zero-order valence-electron chi connectivity index (χ0n) is 22.1. The van der Waals surface area contributed by atoms with Gasteiger partial charge < -0.3 is 15.8 Å². The molecule has 5 N–H and O–H groups in total. The van der Waals surface area contributed by atoms with Crippen LogP contribution in [0, 0.1) is 0 Å². The molecule has 6 nitrogen and oxygen atoms in total. The lowest BCUT2D eigenvalue weighted by Gasteiger charge is -2.18. The van der Waals surface area contributed by atoms with Gasteiger partial charge in [-0.05, 0) is 53.1 Å². The molecule has 7 heteroatoms. The van der Waals surface area contributed by atoms with Crippen LogP contribution in [0.1, 0.15) is 22.3 Å². The molecule has 5 aromatic carbocycles. The minimum absolute atomic E-state index is 0.0850. The Labute approximate surface area is 236 Å². The molecule has 5 rings (SSSR count). The predicted octanol–water partition coefficient (Wildman–Crippen LogP) is 6.38. The smallest absolute Gasteiger partial charge is 0.238 e. The lowest BCUT2D eigenvalue weighted by atomic mass is 10.0. The average molecular weight is 552 g/mol. The van der Waals surface area contributed by atoms with Crippen LogP contribution in [0.25, 0.3) is 0 Å². The van der Waals surface area contributed by atoms with Crippen LogP contribution in [0.2, 0.25) is 0 Å². The highest BCUT2D eigenvalue weighted by atomic mass is 32.2. The maximum atomic E-state index is 12.6. The van der Waals surface area contributed by atoms with Crippen LogP contribution < -0.4 is 20.9 Å². The van der Waals surface area contributed by atoms with E-state index in [0.29, 0.717) is 30.9 Å². The number of sulfonamides is 1. The second-order valence-electron chi connectivity index (χ2n) is 9.18. The molecule has 0 aliphatic heterocycles. The van der Waals surface area contributed by atoms with Gasteiger partial charge in [-0.1, -0.05) is 97.1 Å². The molecule has 0 aliphatic carbocycles. The molecule has 0 saturated heterocycles. The topological polar surface area (TPSA) is 107 Å². The molecule has 0 aromatic heterocycles. The van der Waals surface area contributed by atoms with Crippen molar-refractivity contribution in [1.82, 2.24) is 0 Å². The van der Waals surface area contributed by atoms with E-state index in [0.717, 1.165) is 28.1 Å². The van der Waals surface area contributed by atoms with Crippen molar-refractivity contribution in [1.29, 1.82) is 0 Å². The number of anilines is 2. The first kappa shape index (κ1) is 28.4. The van der Waals surface area contributed by atoms with Crippen LogP contribution in [0.3, 0.4) is 0 Å². The molecule has 0 aliphatic rings. The van der Waals surface area contributed by atoms with Gasteiger partial charge in [-0.25, -0.2) is 13.6 Å². The van der Waals surface area contributed by atoms with Gasteiger partial charge in [-0.15, -0.1) is 0 Å². The van der Waals surface area contributed by atoms with Crippen molar-refractivity contribution < 1.29 is 13.2 Å². The van der Waals surface area contributed by atoms with Crippen molar-refractivity contribution in [3.05, 3.63) is 156 Å². The Hall–Kier alpha value is -4.59. The summed E-state index contributed by atoms with van der Waals surface area (Å²) in [6.45, 7) is 0.752. The maximum absolute atomic E-state index is 12.6. The number of primary sulfonamides is 1. The third kappa shape index (κ3) is 8.73. The minimum atomic E-state index is -3.97. The Kier molecular flexibility index (Phi) is 9.93. The Morgan fingerprint density at radius 2 is 1.18 bits per heavy atom. The second-order valence-corrected chi connectivity index (χ2v) is 10.7. The van der Waals surface area contributed by atoms with Crippen molar-refractivity contribution in [2.45, 2.75) is 24.5 Å². The Bertz CT molecular complexity index is 1580. The monoisotopic (exact) mass is 551 g/mol. The van der Waals surface area contributed by atoms with E-state index in [9.17, 15) is 8.42 Å². The van der Waals surface area contributed by atoms with E-state index in [2.05, 4.69) is 5.32 Å². The molecule has 0 heterocycles. The molecule has 5 aromatic rings. The summed E-state index contributed by atoms with van der Waals surface area (Å²) in [6.07, 6.45) is 0.392. The standard InChI is InChI=1S/C27H26N2O3S.C6H7N/c28-33(30,31)27-18-23(19-29-24-14-8-3-9-15-24)17-26(32-20-22-12-6-2-7-13-22)25(27)16-21-10-4-1-5-11-21;7-6-4-2-1-3-5-6/h1-15,17-18,29H,16,19-20H2,(H2,28,30,31);1-5H,7H2. The van der Waals surface area contributed by atoms with Gasteiger partial charge in [-0.3, -0.25) is 0 Å². The van der Waals surface area contributed by atoms with Crippen LogP contribution in [-0.2, 0) is 29.6 Å². The summed E-state index contributed by atoms with van der Waals surface area (Å²) in [5.41, 5.74) is 10.4. The molecule has 0 radical (unpaired) electrons. The van der Waals surface area contributed by atoms with E-state index < -0.39 is 10.0 Å². The third-order valence-corrected chi connectivity index (χ3v) is 7.04. The molecule has 0 fully saturated rings. The van der Waals surface area contributed by atoms with E-state index in [4.69, 9.17) is 15.6 Å². The van der Waals surface area contributed by atoms with E-state index in [1.807, 2.05) is 127 Å². The number of ether oxygens (including phenoxy) is 1. The second kappa shape index (κ2) is 14.0. The fourth-order valence-corrected chi connectivity index (χ4v) is 4.91. The number of benzene rings is 5. The zero-order valence-corrected chi connectivity index (χ0v) is 22.9. The van der Waals surface area contributed by atoms with E-state index in [1.165, 1.54) is 0 Å². The number of nitrogens with two attached hydrogens (primary N) is 2. The summed E-state index contributed by atoms with van der Waals surface area (Å²) in [5.74, 6) is 0.513. The van der Waals surface area contributed by atoms with Crippen LogP contribution in [-0.4, -0.2) is 8.42 Å². The van der Waals surface area contributed by atoms with Gasteiger partial charge in [-0.2, -0.15) is 0 Å². The van der Waals surface area contributed by atoms with Gasteiger partial charge >= 0.3 is 0 Å². The molecule has 204 valence electrons. The molecule has 0 saturated carbocycles. The summed E-state index contributed by atoms with van der Waals surface area (Å²) in [4.78, 5) is 0.0850. The quantitative estimate of drug-likeness (QED) is 0.184. The van der Waals surface area contributed by atoms with Gasteiger partial charge in [0.15, 0.2) is 0 Å². The van der Waals surface area contributed by atoms with Gasteiger partial charge in [0.1, 0.15) is 12.4 Å². The highest BCUT2D eigenvalue weighted by molar-refractivity contribution is 7.89. The summed E-state index contributed by atoms with van der Waals surface area (Å²) >= 11 is 0. The number of hydrogen-bond donors (Lipinski definition) is 3. The maximum Gasteiger partial charge on any atom is 0.238 e. The minimum Gasteiger partial charge on any atom is -0.489 e. The number of nitrogen functional groups attached to an aromatic ring is 1. The fraction of sp³-hybridized carbons (Fsp3) is 0.0909. The van der Waals surface area contributed by atoms with Crippen molar-refractivity contribution >= 4 is 21.4 Å². The van der Waals surface area contributed by atoms with E-state index in [-0.39, 0.29) is 4.90 Å². The molecular formula is C33H33N3O3S. The van der Waals surface area contributed by atoms with Crippen molar-refractivity contribution in [2.75, 3.05) is 11.1 Å². The lowest BCUT2D eigenvalue weighted by Crippen LogP contribution is -2.17. The van der Waals surface area contributed by atoms with Crippen LogP contribution in [0.15, 0.2) is 138 Å². The fourth-order valence-electron chi connectivity index (χ4n) is 4.08. The lowest BCUT2D eigenvalue weighted by molar-refractivity contribution is 0.302. The van der Waals surface area contributed by atoms with Gasteiger partial charge in [0, 0.05) is 29.9 Å². The van der Waals surface area contributed by atoms with Crippen molar-refractivity contribution in [3.63, 3.8) is 0 Å². The highest BCUT2D eigenvalue weighted by Crippen LogP contribution is 2.31. The molecule has 0 bridgehead atoms. The predicted molar refractivity (Wildman–Crippen MR) is 162 cm³/mol. The van der Waals surface area contributed by atoms with Gasteiger partial charge in [0.2, 0.25) is 10.0 Å². The van der Waals surface area contributed by atoms with E-state index in [1.54, 1.807) is 6.07 Å². The zero-order chi connectivity index (χ0) is 28.2. The molecule has 0 atom stereocenters. The number of nitrogens with one attached hydrogen (secondary N) is 1. The van der Waals surface area contributed by atoms with Crippen LogP contribution in [0.4, 0.5) is 11.4 Å². The molecule has 0 spiro atoms. The SMILES string of the molecule is NS(=O)(=O)c1cc(CNc2ccccc2)cc(OCc2ccccc2)c1Cc1ccccc1.Nc1ccccc1. The number of hydrogen-bond acceptors (Lipinski definition) is 5. The third-order valence-electron chi connectivity index (χ3n) is 6.07.